The lowest BCUT2D eigenvalue weighted by atomic mass is 9.94. The molecule has 0 bridgehead atoms. The number of non-ortho nitro benzene ring substituents is 1. The minimum absolute atomic E-state index is 0.0401. The first-order valence-electron chi connectivity index (χ1n) is 11.6. The van der Waals surface area contributed by atoms with Gasteiger partial charge in [-0.1, -0.05) is 23.5 Å². The van der Waals surface area contributed by atoms with Crippen molar-refractivity contribution in [2.45, 2.75) is 25.5 Å². The Hall–Kier alpha value is -4.64. The third-order valence-electron chi connectivity index (χ3n) is 6.56. The molecule has 2 aliphatic rings. The SMILES string of the molecule is CC1Cc2cc(C(O)=C3C(=O)C(=O)N(c4nc5ccc(F)cc5s4)C3c3cccc([N+](=O)[O-])c3)ccc2O1. The van der Waals surface area contributed by atoms with Crippen LogP contribution in [0, 0.1) is 15.9 Å². The van der Waals surface area contributed by atoms with Crippen molar-refractivity contribution >= 4 is 49.8 Å². The lowest BCUT2D eigenvalue weighted by Gasteiger charge is -2.22. The second-order valence-electron chi connectivity index (χ2n) is 9.08. The van der Waals surface area contributed by atoms with Crippen LogP contribution in [0.3, 0.4) is 0 Å². The van der Waals surface area contributed by atoms with E-state index in [9.17, 15) is 29.2 Å². The highest BCUT2D eigenvalue weighted by Crippen LogP contribution is 2.45. The number of halogens is 1. The summed E-state index contributed by atoms with van der Waals surface area (Å²) in [5, 5.41) is 23.0. The van der Waals surface area contributed by atoms with Gasteiger partial charge in [-0.05, 0) is 54.4 Å². The number of fused-ring (bicyclic) bond motifs is 2. The Balaban J connectivity index is 1.56. The molecular formula is C27H18FN3O6S. The highest BCUT2D eigenvalue weighted by molar-refractivity contribution is 7.22. The minimum Gasteiger partial charge on any atom is -0.507 e. The van der Waals surface area contributed by atoms with Gasteiger partial charge in [0.2, 0.25) is 0 Å². The maximum absolute atomic E-state index is 13.8. The number of aliphatic hydroxyl groups is 1. The number of benzene rings is 3. The van der Waals surface area contributed by atoms with Crippen LogP contribution in [0.1, 0.15) is 29.7 Å². The minimum atomic E-state index is -1.20. The lowest BCUT2D eigenvalue weighted by molar-refractivity contribution is -0.384. The molecule has 3 aromatic carbocycles. The highest BCUT2D eigenvalue weighted by atomic mass is 32.1. The summed E-state index contributed by atoms with van der Waals surface area (Å²) in [7, 11) is 0. The normalized spacial score (nSPS) is 20.1. The lowest BCUT2D eigenvalue weighted by Crippen LogP contribution is -2.29. The first kappa shape index (κ1) is 23.7. The molecule has 38 heavy (non-hydrogen) atoms. The van der Waals surface area contributed by atoms with E-state index in [2.05, 4.69) is 4.98 Å². The van der Waals surface area contributed by atoms with Crippen LogP contribution in [0.5, 0.6) is 5.75 Å². The predicted octanol–water partition coefficient (Wildman–Crippen LogP) is 5.29. The molecular weight excluding hydrogens is 513 g/mol. The molecule has 3 heterocycles. The number of nitro groups is 1. The van der Waals surface area contributed by atoms with E-state index in [1.54, 1.807) is 18.2 Å². The summed E-state index contributed by atoms with van der Waals surface area (Å²) < 4.78 is 20.0. The molecule has 0 aliphatic carbocycles. The highest BCUT2D eigenvalue weighted by Gasteiger charge is 2.48. The largest absolute Gasteiger partial charge is 0.507 e. The Morgan fingerprint density at radius 1 is 1.18 bits per heavy atom. The van der Waals surface area contributed by atoms with Gasteiger partial charge in [-0.2, -0.15) is 0 Å². The number of thiazole rings is 1. The Morgan fingerprint density at radius 2 is 2.00 bits per heavy atom. The summed E-state index contributed by atoms with van der Waals surface area (Å²) in [5.41, 5.74) is 1.33. The molecule has 0 radical (unpaired) electrons. The average molecular weight is 532 g/mol. The van der Waals surface area contributed by atoms with Gasteiger partial charge in [-0.15, -0.1) is 0 Å². The van der Waals surface area contributed by atoms with Crippen LogP contribution in [0.2, 0.25) is 0 Å². The molecule has 0 spiro atoms. The van der Waals surface area contributed by atoms with E-state index < -0.39 is 34.2 Å². The number of rotatable bonds is 4. The first-order valence-corrected chi connectivity index (χ1v) is 12.4. The van der Waals surface area contributed by atoms with Crippen LogP contribution in [-0.4, -0.2) is 32.8 Å². The topological polar surface area (TPSA) is 123 Å². The van der Waals surface area contributed by atoms with Gasteiger partial charge in [0.25, 0.3) is 11.5 Å². The fourth-order valence-electron chi connectivity index (χ4n) is 4.87. The fraction of sp³-hybridized carbons (Fsp3) is 0.148. The summed E-state index contributed by atoms with van der Waals surface area (Å²) in [6.45, 7) is 1.91. The smallest absolute Gasteiger partial charge is 0.301 e. The van der Waals surface area contributed by atoms with Gasteiger partial charge >= 0.3 is 5.91 Å². The number of hydrogen-bond acceptors (Lipinski definition) is 8. The van der Waals surface area contributed by atoms with Crippen molar-refractivity contribution in [3.63, 3.8) is 0 Å². The van der Waals surface area contributed by atoms with Crippen LogP contribution in [0.25, 0.3) is 16.0 Å². The van der Waals surface area contributed by atoms with Crippen molar-refractivity contribution in [3.8, 4) is 5.75 Å². The molecule has 2 aliphatic heterocycles. The summed E-state index contributed by atoms with van der Waals surface area (Å²) in [6, 6.07) is 13.2. The van der Waals surface area contributed by atoms with Crippen molar-refractivity contribution < 1.29 is 28.7 Å². The molecule has 1 N–H and O–H groups in total. The molecule has 2 unspecified atom stereocenters. The summed E-state index contributed by atoms with van der Waals surface area (Å²) >= 11 is 0.997. The number of nitrogens with zero attached hydrogens (tertiary/aromatic N) is 3. The van der Waals surface area contributed by atoms with E-state index in [1.807, 2.05) is 6.92 Å². The summed E-state index contributed by atoms with van der Waals surface area (Å²) in [4.78, 5) is 43.3. The fourth-order valence-corrected chi connectivity index (χ4v) is 5.88. The van der Waals surface area contributed by atoms with Gasteiger partial charge in [-0.3, -0.25) is 24.6 Å². The first-order chi connectivity index (χ1) is 18.2. The second-order valence-corrected chi connectivity index (χ2v) is 10.1. The molecule has 6 rings (SSSR count). The van der Waals surface area contributed by atoms with E-state index in [4.69, 9.17) is 4.74 Å². The Bertz CT molecular complexity index is 1710. The van der Waals surface area contributed by atoms with E-state index in [1.165, 1.54) is 42.5 Å². The Labute approximate surface area is 218 Å². The molecule has 1 amide bonds. The van der Waals surface area contributed by atoms with Crippen LogP contribution in [0.4, 0.5) is 15.2 Å². The molecule has 9 nitrogen and oxygen atoms in total. The van der Waals surface area contributed by atoms with Gasteiger partial charge in [-0.25, -0.2) is 9.37 Å². The van der Waals surface area contributed by atoms with Crippen LogP contribution in [0.15, 0.2) is 66.2 Å². The molecule has 2 atom stereocenters. The summed E-state index contributed by atoms with van der Waals surface area (Å²) in [6.07, 6.45) is 0.572. The third-order valence-corrected chi connectivity index (χ3v) is 7.57. The Morgan fingerprint density at radius 3 is 2.79 bits per heavy atom. The summed E-state index contributed by atoms with van der Waals surface area (Å²) in [5.74, 6) is -2.15. The van der Waals surface area contributed by atoms with Gasteiger partial charge in [0.1, 0.15) is 23.4 Å². The number of nitro benzene ring substituents is 1. The van der Waals surface area contributed by atoms with Crippen molar-refractivity contribution in [2.75, 3.05) is 4.90 Å². The molecule has 11 heteroatoms. The number of Topliss-reactive ketones (excluding diaryl/α,β-unsaturated/α-hetero) is 1. The molecule has 0 saturated carbocycles. The Kier molecular flexibility index (Phi) is 5.46. The van der Waals surface area contributed by atoms with Crippen molar-refractivity contribution in [1.29, 1.82) is 0 Å². The van der Waals surface area contributed by atoms with Crippen LogP contribution >= 0.6 is 11.3 Å². The quantitative estimate of drug-likeness (QED) is 0.125. The number of aromatic nitrogens is 1. The van der Waals surface area contributed by atoms with Gasteiger partial charge in [0, 0.05) is 24.1 Å². The number of hydrogen-bond donors (Lipinski definition) is 1. The molecule has 1 saturated heterocycles. The van der Waals surface area contributed by atoms with E-state index in [-0.39, 0.29) is 28.1 Å². The monoisotopic (exact) mass is 531 g/mol. The number of aliphatic hydroxyl groups excluding tert-OH is 1. The number of ether oxygens (including phenoxy) is 1. The maximum atomic E-state index is 13.8. The van der Waals surface area contributed by atoms with Gasteiger partial charge in [0.05, 0.1) is 26.8 Å². The van der Waals surface area contributed by atoms with Crippen molar-refractivity contribution in [3.05, 3.63) is 98.9 Å². The van der Waals surface area contributed by atoms with Gasteiger partial charge in [0.15, 0.2) is 5.13 Å². The van der Waals surface area contributed by atoms with Gasteiger partial charge < -0.3 is 9.84 Å². The third kappa shape index (κ3) is 3.79. The maximum Gasteiger partial charge on any atom is 0.301 e. The van der Waals surface area contributed by atoms with E-state index in [0.717, 1.165) is 21.8 Å². The molecule has 1 aromatic heterocycles. The average Bonchev–Trinajstić information content (AvgIpc) is 3.55. The zero-order chi connectivity index (χ0) is 26.7. The zero-order valence-electron chi connectivity index (χ0n) is 19.8. The predicted molar refractivity (Wildman–Crippen MR) is 138 cm³/mol. The number of carbonyl (C=O) groups is 2. The molecule has 1 fully saturated rings. The number of anilines is 1. The number of amides is 1. The van der Waals surface area contributed by atoms with Crippen molar-refractivity contribution in [2.24, 2.45) is 0 Å². The van der Waals surface area contributed by atoms with E-state index >= 15 is 0 Å². The van der Waals surface area contributed by atoms with E-state index in [0.29, 0.717) is 28.0 Å². The van der Waals surface area contributed by atoms with Crippen LogP contribution < -0.4 is 9.64 Å². The number of ketones is 1. The van der Waals surface area contributed by atoms with Crippen LogP contribution in [-0.2, 0) is 16.0 Å². The molecule has 190 valence electrons. The zero-order valence-corrected chi connectivity index (χ0v) is 20.6. The standard InChI is InChI=1S/C27H18FN3O6S/c1-13-9-16-10-15(5-8-20(16)37-13)24(32)22-23(14-3-2-4-18(11-14)31(35)36)30(26(34)25(22)33)27-29-19-7-6-17(28)12-21(19)38-27/h2-8,10-13,23,32H,9H2,1H3. The van der Waals surface area contributed by atoms with Crippen molar-refractivity contribution in [1.82, 2.24) is 4.98 Å². The second kappa shape index (κ2) is 8.73. The number of carbonyl (C=O) groups excluding carboxylic acids is 2. The molecule has 4 aromatic rings.